The number of ether oxygens (including phenoxy) is 5. The van der Waals surface area contributed by atoms with E-state index in [1.54, 1.807) is 11.8 Å². The number of unbranched alkanes of at least 4 members (excludes halogenated alkanes) is 18. The molecule has 0 aromatic heterocycles. The summed E-state index contributed by atoms with van der Waals surface area (Å²) >= 11 is 1.64. The van der Waals surface area contributed by atoms with Crippen molar-refractivity contribution in [2.24, 2.45) is 5.73 Å². The molecule has 0 bridgehead atoms. The number of carbonyl (C=O) groups excluding carboxylic acids is 1. The van der Waals surface area contributed by atoms with E-state index in [2.05, 4.69) is 23.7 Å². The second-order valence-electron chi connectivity index (χ2n) is 13.5. The molecule has 312 valence electrons. The van der Waals surface area contributed by atoms with Crippen LogP contribution in [-0.4, -0.2) is 112 Å². The topological polar surface area (TPSA) is 168 Å². The summed E-state index contributed by atoms with van der Waals surface area (Å²) < 4.78 is 43.2. The molecule has 0 radical (unpaired) electrons. The van der Waals surface area contributed by atoms with Crippen LogP contribution in [0.2, 0.25) is 0 Å². The molecule has 0 heterocycles. The van der Waals surface area contributed by atoms with Gasteiger partial charge in [0.15, 0.2) is 0 Å². The first-order valence-corrected chi connectivity index (χ1v) is 23.2. The van der Waals surface area contributed by atoms with Gasteiger partial charge in [0.1, 0.15) is 0 Å². The fraction of sp³-hybridized carbons (Fsp3) is 0.974. The lowest BCUT2D eigenvalue weighted by Crippen LogP contribution is -2.43. The molecule has 0 fully saturated rings. The number of phosphoric ester groups is 1. The largest absolute Gasteiger partial charge is 0.469 e. The van der Waals surface area contributed by atoms with Gasteiger partial charge in [-0.1, -0.05) is 129 Å². The fourth-order valence-electron chi connectivity index (χ4n) is 5.43. The zero-order chi connectivity index (χ0) is 38.2. The van der Waals surface area contributed by atoms with E-state index in [0.29, 0.717) is 45.3 Å². The van der Waals surface area contributed by atoms with Crippen molar-refractivity contribution in [2.75, 3.05) is 84.1 Å². The van der Waals surface area contributed by atoms with Crippen LogP contribution in [0.3, 0.4) is 0 Å². The molecule has 2 atom stereocenters. The Labute approximate surface area is 321 Å². The Morgan fingerprint density at radius 3 is 1.54 bits per heavy atom. The maximum Gasteiger partial charge on any atom is 0.469 e. The van der Waals surface area contributed by atoms with Crippen molar-refractivity contribution in [1.82, 2.24) is 5.32 Å². The van der Waals surface area contributed by atoms with E-state index >= 15 is 0 Å². The van der Waals surface area contributed by atoms with Crippen LogP contribution in [0.5, 0.6) is 0 Å². The molecule has 0 aliphatic heterocycles. The normalized spacial score (nSPS) is 13.1. The molecular weight excluding hydrogens is 707 g/mol. The summed E-state index contributed by atoms with van der Waals surface area (Å²) in [7, 11) is -4.46. The van der Waals surface area contributed by atoms with Gasteiger partial charge >= 0.3 is 7.82 Å². The van der Waals surface area contributed by atoms with Crippen molar-refractivity contribution in [3.63, 3.8) is 0 Å². The number of amides is 1. The molecule has 0 unspecified atom stereocenters. The summed E-state index contributed by atoms with van der Waals surface area (Å²) in [4.78, 5) is 29.7. The first kappa shape index (κ1) is 51.7. The van der Waals surface area contributed by atoms with E-state index in [-0.39, 0.29) is 31.8 Å². The summed E-state index contributed by atoms with van der Waals surface area (Å²) in [5, 5.41) is 2.83. The average molecular weight is 787 g/mol. The van der Waals surface area contributed by atoms with Gasteiger partial charge in [0, 0.05) is 31.3 Å². The highest BCUT2D eigenvalue weighted by atomic mass is 32.2. The Bertz CT molecular complexity index is 799. The van der Waals surface area contributed by atoms with Crippen molar-refractivity contribution in [2.45, 2.75) is 154 Å². The third kappa shape index (κ3) is 40.9. The number of carbonyl (C=O) groups is 1. The Morgan fingerprint density at radius 1 is 0.596 bits per heavy atom. The van der Waals surface area contributed by atoms with Crippen molar-refractivity contribution in [3.05, 3.63) is 0 Å². The standard InChI is InChI=1S/C38H79N2O10PS/c1-3-5-7-9-11-13-15-17-19-21-24-48-33-36(49-25-22-20-18-16-14-12-10-8-6-4-2)34-52-35-37(39)38(41)40-23-26-45-27-28-46-29-30-47-31-32-50-51(42,43)44/h36-37H,3-35,39H2,1-2H3,(H,40,41)(H2,42,43,44)/t36-,37+/m1/s1. The molecule has 0 rings (SSSR count). The molecule has 12 nitrogen and oxygen atoms in total. The Balaban J connectivity index is 4.11. The van der Waals surface area contributed by atoms with E-state index in [9.17, 15) is 9.36 Å². The molecule has 0 aliphatic carbocycles. The van der Waals surface area contributed by atoms with Gasteiger partial charge in [-0.25, -0.2) is 4.57 Å². The van der Waals surface area contributed by atoms with Gasteiger partial charge in [0.05, 0.1) is 65.0 Å². The van der Waals surface area contributed by atoms with Gasteiger partial charge in [-0.2, -0.15) is 11.8 Å². The third-order valence-corrected chi connectivity index (χ3v) is 10.2. The van der Waals surface area contributed by atoms with E-state index in [1.165, 1.54) is 116 Å². The fourth-order valence-corrected chi connectivity index (χ4v) is 6.74. The Morgan fingerprint density at radius 2 is 1.04 bits per heavy atom. The van der Waals surface area contributed by atoms with E-state index in [0.717, 1.165) is 31.8 Å². The summed E-state index contributed by atoms with van der Waals surface area (Å²) in [6.45, 7) is 8.50. The van der Waals surface area contributed by atoms with Gasteiger partial charge < -0.3 is 44.5 Å². The second-order valence-corrected chi connectivity index (χ2v) is 15.8. The van der Waals surface area contributed by atoms with Gasteiger partial charge in [0.25, 0.3) is 0 Å². The highest BCUT2D eigenvalue weighted by molar-refractivity contribution is 7.99. The number of nitrogens with two attached hydrogens (primary N) is 1. The average Bonchev–Trinajstić information content (AvgIpc) is 3.12. The van der Waals surface area contributed by atoms with Gasteiger partial charge in [-0.05, 0) is 12.8 Å². The van der Waals surface area contributed by atoms with Gasteiger partial charge in [-0.3, -0.25) is 9.32 Å². The van der Waals surface area contributed by atoms with Crippen LogP contribution < -0.4 is 11.1 Å². The number of phosphoric acid groups is 1. The minimum Gasteiger partial charge on any atom is -0.379 e. The lowest BCUT2D eigenvalue weighted by molar-refractivity contribution is -0.122. The lowest BCUT2D eigenvalue weighted by atomic mass is 10.1. The summed E-state index contributed by atoms with van der Waals surface area (Å²) in [5.41, 5.74) is 6.17. The summed E-state index contributed by atoms with van der Waals surface area (Å²) in [6.07, 6.45) is 26.0. The van der Waals surface area contributed by atoms with Crippen molar-refractivity contribution in [3.8, 4) is 0 Å². The van der Waals surface area contributed by atoms with Crippen LogP contribution in [0.25, 0.3) is 0 Å². The molecule has 0 aromatic carbocycles. The smallest absolute Gasteiger partial charge is 0.379 e. The molecule has 52 heavy (non-hydrogen) atoms. The minimum absolute atomic E-state index is 0.00836. The van der Waals surface area contributed by atoms with Crippen LogP contribution in [0.15, 0.2) is 0 Å². The third-order valence-electron chi connectivity index (χ3n) is 8.51. The molecule has 0 aromatic rings. The molecule has 1 amide bonds. The minimum atomic E-state index is -4.46. The summed E-state index contributed by atoms with van der Waals surface area (Å²) in [6, 6.07) is -0.615. The lowest BCUT2D eigenvalue weighted by Gasteiger charge is -2.19. The Kier molecular flexibility index (Phi) is 40.1. The summed E-state index contributed by atoms with van der Waals surface area (Å²) in [5.74, 6) is 1.05. The molecule has 14 heteroatoms. The van der Waals surface area contributed by atoms with E-state index < -0.39 is 13.9 Å². The van der Waals surface area contributed by atoms with Crippen molar-refractivity contribution < 1.29 is 47.4 Å². The van der Waals surface area contributed by atoms with E-state index in [4.69, 9.17) is 39.2 Å². The first-order chi connectivity index (χ1) is 25.3. The number of hydrogen-bond donors (Lipinski definition) is 4. The number of thioether (sulfide) groups is 1. The van der Waals surface area contributed by atoms with Crippen LogP contribution >= 0.6 is 19.6 Å². The maximum atomic E-state index is 12.5. The van der Waals surface area contributed by atoms with Gasteiger partial charge in [0.2, 0.25) is 5.91 Å². The zero-order valence-corrected chi connectivity index (χ0v) is 34.8. The Hall–Kier alpha value is -0.310. The molecule has 0 saturated carbocycles. The predicted molar refractivity (Wildman–Crippen MR) is 213 cm³/mol. The SMILES string of the molecule is CCCCCCCCCCCCOC[C@H](CSC[C@H](N)C(=O)NCCOCCOCCOCCOP(=O)(O)O)OCCCCCCCCCCCC. The maximum absolute atomic E-state index is 12.5. The van der Waals surface area contributed by atoms with Crippen LogP contribution in [0.1, 0.15) is 142 Å². The quantitative estimate of drug-likeness (QED) is 0.0354. The second kappa shape index (κ2) is 40.4. The monoisotopic (exact) mass is 787 g/mol. The molecule has 5 N–H and O–H groups in total. The molecular formula is C38H79N2O10PS. The highest BCUT2D eigenvalue weighted by Gasteiger charge is 2.16. The number of hydrogen-bond acceptors (Lipinski definition) is 10. The molecule has 0 saturated heterocycles. The number of nitrogens with one attached hydrogen (secondary N) is 1. The first-order valence-electron chi connectivity index (χ1n) is 20.5. The zero-order valence-electron chi connectivity index (χ0n) is 33.1. The van der Waals surface area contributed by atoms with E-state index in [1.807, 2.05) is 0 Å². The number of rotatable bonds is 43. The van der Waals surface area contributed by atoms with Crippen molar-refractivity contribution in [1.29, 1.82) is 0 Å². The molecule has 0 aliphatic rings. The highest BCUT2D eigenvalue weighted by Crippen LogP contribution is 2.35. The predicted octanol–water partition coefficient (Wildman–Crippen LogP) is 7.57. The van der Waals surface area contributed by atoms with Crippen LogP contribution in [0, 0.1) is 0 Å². The van der Waals surface area contributed by atoms with Crippen LogP contribution in [0.4, 0.5) is 0 Å². The van der Waals surface area contributed by atoms with Crippen LogP contribution in [-0.2, 0) is 37.6 Å². The van der Waals surface area contributed by atoms with Crippen molar-refractivity contribution >= 4 is 25.5 Å². The van der Waals surface area contributed by atoms with Gasteiger partial charge in [-0.15, -0.1) is 0 Å². The molecule has 0 spiro atoms.